The van der Waals surface area contributed by atoms with Gasteiger partial charge in [0.2, 0.25) is 5.91 Å². The van der Waals surface area contributed by atoms with E-state index in [1.54, 1.807) is 0 Å². The van der Waals surface area contributed by atoms with Gasteiger partial charge in [-0.3, -0.25) is 4.79 Å². The van der Waals surface area contributed by atoms with Crippen LogP contribution in [0.5, 0.6) is 0 Å². The van der Waals surface area contributed by atoms with E-state index >= 15 is 0 Å². The number of nitrogens with one attached hydrogen (secondary N) is 1. The molecule has 0 atom stereocenters. The summed E-state index contributed by atoms with van der Waals surface area (Å²) in [5.41, 5.74) is 12.3. The molecule has 1 amide bonds. The van der Waals surface area contributed by atoms with Crippen LogP contribution < -0.4 is 16.0 Å². The number of carbonyl (C=O) groups is 1. The third-order valence-corrected chi connectivity index (χ3v) is 6.52. The fourth-order valence-electron chi connectivity index (χ4n) is 4.66. The molecule has 1 saturated carbocycles. The molecule has 5 rings (SSSR count). The minimum Gasteiger partial charge on any atom is -0.382 e. The molecule has 2 heterocycles. The van der Waals surface area contributed by atoms with Crippen LogP contribution in [0.15, 0.2) is 67.5 Å². The molecule has 0 saturated heterocycles. The minimum absolute atomic E-state index is 0.258. The molecule has 0 radical (unpaired) electrons. The molecule has 8 nitrogen and oxygen atoms in total. The first kappa shape index (κ1) is 21.6. The van der Waals surface area contributed by atoms with Gasteiger partial charge in [-0.05, 0) is 48.7 Å². The summed E-state index contributed by atoms with van der Waals surface area (Å²) >= 11 is 0. The Morgan fingerprint density at radius 1 is 1.12 bits per heavy atom. The Kier molecular flexibility index (Phi) is 5.71. The van der Waals surface area contributed by atoms with Crippen molar-refractivity contribution in [2.75, 3.05) is 23.0 Å². The standard InChI is InChI=1S/C26H27N7O/c1-3-22(34)30-19-12-8-18(9-13-19)24-23(25-26(27)28-16-29-33(25)31-24)17-10-14-21(15-11-17)32(2)20-6-4-5-7-20/h3,8-16,20H,1,4-7H2,2H3,(H,30,34)(H2,27,28,29). The summed E-state index contributed by atoms with van der Waals surface area (Å²) in [5.74, 6) is 0.109. The SMILES string of the molecule is C=CC(=O)Nc1ccc(-c2nn3ncnc(N)c3c2-c2ccc(N(C)C3CCCC3)cc2)cc1. The van der Waals surface area contributed by atoms with Gasteiger partial charge in [0.15, 0.2) is 5.82 Å². The molecule has 3 N–H and O–H groups in total. The van der Waals surface area contributed by atoms with E-state index < -0.39 is 0 Å². The third kappa shape index (κ3) is 3.98. The number of benzene rings is 2. The van der Waals surface area contributed by atoms with E-state index in [0.29, 0.717) is 23.1 Å². The minimum atomic E-state index is -0.258. The smallest absolute Gasteiger partial charge is 0.247 e. The van der Waals surface area contributed by atoms with Crippen LogP contribution in [-0.4, -0.2) is 38.8 Å². The molecule has 34 heavy (non-hydrogen) atoms. The number of hydrogen-bond donors (Lipinski definition) is 2. The number of amides is 1. The van der Waals surface area contributed by atoms with Crippen molar-refractivity contribution in [2.24, 2.45) is 0 Å². The van der Waals surface area contributed by atoms with E-state index in [9.17, 15) is 4.79 Å². The Bertz CT molecular complexity index is 1340. The molecule has 0 spiro atoms. The highest BCUT2D eigenvalue weighted by molar-refractivity contribution is 5.99. The van der Waals surface area contributed by atoms with Gasteiger partial charge in [-0.25, -0.2) is 4.98 Å². The number of rotatable bonds is 6. The maximum absolute atomic E-state index is 11.6. The van der Waals surface area contributed by atoms with Crippen molar-refractivity contribution < 1.29 is 4.79 Å². The largest absolute Gasteiger partial charge is 0.382 e. The molecule has 172 valence electrons. The summed E-state index contributed by atoms with van der Waals surface area (Å²) in [6, 6.07) is 16.6. The molecule has 1 aliphatic carbocycles. The number of nitrogen functional groups attached to an aromatic ring is 1. The van der Waals surface area contributed by atoms with Gasteiger partial charge >= 0.3 is 0 Å². The molecule has 2 aromatic heterocycles. The summed E-state index contributed by atoms with van der Waals surface area (Å²) in [7, 11) is 2.17. The second-order valence-corrected chi connectivity index (χ2v) is 8.57. The van der Waals surface area contributed by atoms with Gasteiger partial charge in [-0.15, -0.1) is 14.8 Å². The average molecular weight is 454 g/mol. The van der Waals surface area contributed by atoms with Crippen LogP contribution in [0.4, 0.5) is 17.2 Å². The van der Waals surface area contributed by atoms with Crippen molar-refractivity contribution in [1.82, 2.24) is 19.8 Å². The summed E-state index contributed by atoms with van der Waals surface area (Å²) in [4.78, 5) is 18.2. The molecule has 0 unspecified atom stereocenters. The maximum Gasteiger partial charge on any atom is 0.247 e. The zero-order valence-corrected chi connectivity index (χ0v) is 19.1. The Morgan fingerprint density at radius 2 is 1.79 bits per heavy atom. The van der Waals surface area contributed by atoms with Gasteiger partial charge in [0, 0.05) is 35.6 Å². The first-order valence-corrected chi connectivity index (χ1v) is 11.4. The molecular weight excluding hydrogens is 426 g/mol. The molecular formula is C26H27N7O. The Hall–Kier alpha value is -4.20. The predicted octanol–water partition coefficient (Wildman–Crippen LogP) is 4.54. The Labute approximate surface area is 198 Å². The van der Waals surface area contributed by atoms with Crippen molar-refractivity contribution >= 4 is 28.6 Å². The van der Waals surface area contributed by atoms with Gasteiger partial charge < -0.3 is 16.0 Å². The third-order valence-electron chi connectivity index (χ3n) is 6.52. The second-order valence-electron chi connectivity index (χ2n) is 8.57. The van der Waals surface area contributed by atoms with E-state index in [1.807, 2.05) is 24.3 Å². The van der Waals surface area contributed by atoms with Gasteiger partial charge in [-0.1, -0.05) is 43.7 Å². The number of nitrogens with zero attached hydrogens (tertiary/aromatic N) is 5. The van der Waals surface area contributed by atoms with Crippen LogP contribution in [0.2, 0.25) is 0 Å². The van der Waals surface area contributed by atoms with Crippen molar-refractivity contribution in [2.45, 2.75) is 31.7 Å². The predicted molar refractivity (Wildman–Crippen MR) is 136 cm³/mol. The van der Waals surface area contributed by atoms with E-state index in [1.165, 1.54) is 48.4 Å². The van der Waals surface area contributed by atoms with Crippen LogP contribution in [0, 0.1) is 0 Å². The second kappa shape index (κ2) is 8.97. The van der Waals surface area contributed by atoms with Crippen LogP contribution in [-0.2, 0) is 4.79 Å². The normalized spacial score (nSPS) is 13.8. The van der Waals surface area contributed by atoms with Crippen molar-refractivity contribution in [3.05, 3.63) is 67.5 Å². The molecule has 1 fully saturated rings. The van der Waals surface area contributed by atoms with E-state index in [4.69, 9.17) is 10.8 Å². The number of aromatic nitrogens is 4. The highest BCUT2D eigenvalue weighted by atomic mass is 16.1. The van der Waals surface area contributed by atoms with Crippen LogP contribution in [0.25, 0.3) is 27.9 Å². The quantitative estimate of drug-likeness (QED) is 0.416. The van der Waals surface area contributed by atoms with Crippen molar-refractivity contribution in [1.29, 1.82) is 0 Å². The van der Waals surface area contributed by atoms with Crippen molar-refractivity contribution in [3.8, 4) is 22.4 Å². The van der Waals surface area contributed by atoms with Crippen molar-refractivity contribution in [3.63, 3.8) is 0 Å². The molecule has 0 aliphatic heterocycles. The van der Waals surface area contributed by atoms with E-state index in [-0.39, 0.29) is 5.91 Å². The summed E-state index contributed by atoms with van der Waals surface area (Å²) in [6.07, 6.45) is 7.73. The zero-order valence-electron chi connectivity index (χ0n) is 19.1. The Balaban J connectivity index is 1.56. The van der Waals surface area contributed by atoms with Gasteiger partial charge in [0.05, 0.1) is 0 Å². The topological polar surface area (TPSA) is 101 Å². The highest BCUT2D eigenvalue weighted by Crippen LogP contribution is 2.38. The Morgan fingerprint density at radius 3 is 2.47 bits per heavy atom. The monoisotopic (exact) mass is 453 g/mol. The fourth-order valence-corrected chi connectivity index (χ4v) is 4.66. The first-order valence-electron chi connectivity index (χ1n) is 11.4. The lowest BCUT2D eigenvalue weighted by Crippen LogP contribution is -2.28. The van der Waals surface area contributed by atoms with Crippen LogP contribution in [0.3, 0.4) is 0 Å². The number of carbonyl (C=O) groups excluding carboxylic acids is 1. The molecule has 4 aromatic rings. The molecule has 2 aromatic carbocycles. The summed E-state index contributed by atoms with van der Waals surface area (Å²) in [6.45, 7) is 3.49. The van der Waals surface area contributed by atoms with E-state index in [0.717, 1.165) is 22.4 Å². The maximum atomic E-state index is 11.6. The number of anilines is 3. The highest BCUT2D eigenvalue weighted by Gasteiger charge is 2.22. The lowest BCUT2D eigenvalue weighted by molar-refractivity contribution is -0.111. The molecule has 0 bridgehead atoms. The zero-order chi connectivity index (χ0) is 23.7. The lowest BCUT2D eigenvalue weighted by atomic mass is 9.99. The van der Waals surface area contributed by atoms with Crippen LogP contribution >= 0.6 is 0 Å². The van der Waals surface area contributed by atoms with Gasteiger partial charge in [0.25, 0.3) is 0 Å². The number of nitrogens with two attached hydrogens (primary N) is 1. The van der Waals surface area contributed by atoms with Crippen LogP contribution in [0.1, 0.15) is 25.7 Å². The lowest BCUT2D eigenvalue weighted by Gasteiger charge is -2.26. The number of hydrogen-bond acceptors (Lipinski definition) is 6. The van der Waals surface area contributed by atoms with E-state index in [2.05, 4.69) is 58.2 Å². The molecule has 1 aliphatic rings. The first-order chi connectivity index (χ1) is 16.5. The fraction of sp³-hybridized carbons (Fsp3) is 0.231. The van der Waals surface area contributed by atoms with Gasteiger partial charge in [0.1, 0.15) is 17.5 Å². The summed E-state index contributed by atoms with van der Waals surface area (Å²) in [5, 5.41) is 11.8. The average Bonchev–Trinajstić information content (AvgIpc) is 3.53. The molecule has 8 heteroatoms. The summed E-state index contributed by atoms with van der Waals surface area (Å²) < 4.78 is 1.53. The van der Waals surface area contributed by atoms with Gasteiger partial charge in [-0.2, -0.15) is 0 Å². The number of fused-ring (bicyclic) bond motifs is 1.